The van der Waals surface area contributed by atoms with Crippen molar-refractivity contribution >= 4 is 16.8 Å². The molecule has 1 radical (unpaired) electrons. The number of H-pyrrole nitrogens is 1. The van der Waals surface area contributed by atoms with Crippen LogP contribution < -0.4 is 0 Å². The molecule has 16 heavy (non-hydrogen) atoms. The molecule has 0 bridgehead atoms. The minimum atomic E-state index is -0.753. The summed E-state index contributed by atoms with van der Waals surface area (Å²) >= 11 is 0. The third-order valence-corrected chi connectivity index (χ3v) is 1.93. The molecule has 4 nitrogen and oxygen atoms in total. The summed E-state index contributed by atoms with van der Waals surface area (Å²) in [6.45, 7) is 5.94. The number of carbonyl (C=O) groups is 1. The van der Waals surface area contributed by atoms with Crippen molar-refractivity contribution in [3.8, 4) is 0 Å². The van der Waals surface area contributed by atoms with Crippen LogP contribution in [0.15, 0.2) is 18.2 Å². The van der Waals surface area contributed by atoms with Gasteiger partial charge >= 0.3 is 0 Å². The number of hydrogen-bond acceptors (Lipinski definition) is 2. The van der Waals surface area contributed by atoms with Gasteiger partial charge in [0.05, 0.1) is 5.52 Å². The topological polar surface area (TPSA) is 69.6 Å². The van der Waals surface area contributed by atoms with Gasteiger partial charge in [-0.3, -0.25) is 5.10 Å². The minimum absolute atomic E-state index is 0. The number of amides is 1. The number of aryl methyl sites for hydroxylation is 1. The largest absolute Gasteiger partial charge is 0.662 e. The summed E-state index contributed by atoms with van der Waals surface area (Å²) in [6, 6.07) is 5.63. The van der Waals surface area contributed by atoms with Gasteiger partial charge in [0, 0.05) is 38.1 Å². The van der Waals surface area contributed by atoms with Gasteiger partial charge < -0.3 is 10.5 Å². The van der Waals surface area contributed by atoms with Crippen molar-refractivity contribution in [3.63, 3.8) is 0 Å². The maximum Gasteiger partial charge on any atom is 0.117 e. The van der Waals surface area contributed by atoms with E-state index in [1.807, 2.05) is 39.0 Å². The number of nitrogens with one attached hydrogen (secondary N) is 2. The van der Waals surface area contributed by atoms with Crippen LogP contribution in [-0.4, -0.2) is 16.1 Å². The molecule has 0 fully saturated rings. The second kappa shape index (κ2) is 6.76. The van der Waals surface area contributed by atoms with Gasteiger partial charge in [0.1, 0.15) is 11.6 Å². The van der Waals surface area contributed by atoms with E-state index in [1.165, 1.54) is 0 Å². The Kier molecular flexibility index (Phi) is 6.45. The number of benzene rings is 1. The zero-order valence-electron chi connectivity index (χ0n) is 9.66. The summed E-state index contributed by atoms with van der Waals surface area (Å²) in [6.07, 6.45) is 0. The molecule has 0 unspecified atom stereocenters. The van der Waals surface area contributed by atoms with Crippen LogP contribution in [0.25, 0.3) is 16.6 Å². The molecule has 2 rings (SSSR count). The predicted octanol–water partition coefficient (Wildman–Crippen LogP) is 3.09. The van der Waals surface area contributed by atoms with Gasteiger partial charge in [-0.15, -0.1) is 0 Å². The first-order valence-electron chi connectivity index (χ1n) is 4.89. The van der Waals surface area contributed by atoms with E-state index in [4.69, 9.17) is 5.73 Å². The summed E-state index contributed by atoms with van der Waals surface area (Å²) in [5.74, 6) is -0.753. The van der Waals surface area contributed by atoms with Crippen molar-refractivity contribution in [1.82, 2.24) is 10.2 Å². The summed E-state index contributed by atoms with van der Waals surface area (Å²) in [4.78, 5) is 10.8. The van der Waals surface area contributed by atoms with E-state index in [0.717, 1.165) is 16.5 Å². The van der Waals surface area contributed by atoms with E-state index in [1.54, 1.807) is 0 Å². The van der Waals surface area contributed by atoms with Gasteiger partial charge in [-0.1, -0.05) is 25.5 Å². The van der Waals surface area contributed by atoms with Crippen molar-refractivity contribution in [2.75, 3.05) is 0 Å². The number of rotatable bonds is 1. The SMILES string of the molecule is CC.Cc1ccc2[nH]nc(C([NH-])=O)c2c1.[Y]. The van der Waals surface area contributed by atoms with Gasteiger partial charge in [-0.25, -0.2) is 0 Å². The van der Waals surface area contributed by atoms with Gasteiger partial charge in [-0.05, 0) is 19.1 Å². The van der Waals surface area contributed by atoms with Gasteiger partial charge in [0.25, 0.3) is 0 Å². The zero-order valence-corrected chi connectivity index (χ0v) is 12.5. The quantitative estimate of drug-likeness (QED) is 0.877. The summed E-state index contributed by atoms with van der Waals surface area (Å²) in [5, 5.41) is 7.20. The van der Waals surface area contributed by atoms with Crippen LogP contribution in [0.5, 0.6) is 0 Å². The molecule has 0 saturated heterocycles. The molecule has 0 spiro atoms. The molecule has 2 N–H and O–H groups in total. The predicted molar refractivity (Wildman–Crippen MR) is 60.8 cm³/mol. The number of aromatic amines is 1. The van der Waals surface area contributed by atoms with Crippen molar-refractivity contribution in [2.45, 2.75) is 20.8 Å². The standard InChI is InChI=1S/C9H9N3O.C2H6.Y/c1-5-2-3-7-6(4-5)8(9(10)13)12-11-7;1-2;/h2-4H,1H3,(H3,10,11,12,13);1-2H3;/p-1. The first-order chi connectivity index (χ1) is 7.18. The van der Waals surface area contributed by atoms with Crippen molar-refractivity contribution in [3.05, 3.63) is 35.2 Å². The summed E-state index contributed by atoms with van der Waals surface area (Å²) < 4.78 is 0. The van der Waals surface area contributed by atoms with Gasteiger partial charge in [-0.2, -0.15) is 5.10 Å². The second-order valence-electron chi connectivity index (χ2n) is 2.95. The Bertz CT molecular complexity index is 479. The van der Waals surface area contributed by atoms with Gasteiger partial charge in [0.2, 0.25) is 0 Å². The first-order valence-corrected chi connectivity index (χ1v) is 4.89. The number of nitrogens with zero attached hydrogens (tertiary/aromatic N) is 1. The number of aromatic nitrogens is 2. The number of carbonyl (C=O) groups excluding carboxylic acids is 1. The fourth-order valence-electron chi connectivity index (χ4n) is 1.30. The Morgan fingerprint density at radius 1 is 1.38 bits per heavy atom. The fraction of sp³-hybridized carbons (Fsp3) is 0.273. The van der Waals surface area contributed by atoms with Gasteiger partial charge in [0.15, 0.2) is 0 Å². The molecule has 0 aliphatic heterocycles. The molecule has 1 heterocycles. The Labute approximate surface area is 120 Å². The van der Waals surface area contributed by atoms with E-state index in [2.05, 4.69) is 10.2 Å². The van der Waals surface area contributed by atoms with Crippen LogP contribution in [-0.2, 0) is 32.7 Å². The third-order valence-electron chi connectivity index (χ3n) is 1.93. The molecular weight excluding hydrogens is 279 g/mol. The van der Waals surface area contributed by atoms with Crippen molar-refractivity contribution in [2.24, 2.45) is 0 Å². The Morgan fingerprint density at radius 2 is 2.00 bits per heavy atom. The summed E-state index contributed by atoms with van der Waals surface area (Å²) in [7, 11) is 0. The molecule has 1 aromatic heterocycles. The maximum atomic E-state index is 10.8. The second-order valence-corrected chi connectivity index (χ2v) is 2.95. The van der Waals surface area contributed by atoms with Crippen molar-refractivity contribution < 1.29 is 37.5 Å². The van der Waals surface area contributed by atoms with Crippen LogP contribution in [0.4, 0.5) is 0 Å². The van der Waals surface area contributed by atoms with E-state index in [-0.39, 0.29) is 38.4 Å². The molecule has 1 amide bonds. The number of hydrogen-bond donors (Lipinski definition) is 1. The Morgan fingerprint density at radius 3 is 2.56 bits per heavy atom. The molecule has 0 saturated carbocycles. The number of fused-ring (bicyclic) bond motifs is 1. The van der Waals surface area contributed by atoms with Crippen LogP contribution in [0, 0.1) is 6.92 Å². The molecule has 5 heteroatoms. The van der Waals surface area contributed by atoms with E-state index in [9.17, 15) is 4.79 Å². The van der Waals surface area contributed by atoms with Crippen LogP contribution in [0.2, 0.25) is 0 Å². The maximum absolute atomic E-state index is 10.8. The van der Waals surface area contributed by atoms with Crippen LogP contribution >= 0.6 is 0 Å². The van der Waals surface area contributed by atoms with Crippen LogP contribution in [0.1, 0.15) is 29.9 Å². The normalized spacial score (nSPS) is 8.94. The third kappa shape index (κ3) is 3.13. The van der Waals surface area contributed by atoms with E-state index >= 15 is 0 Å². The molecule has 83 valence electrons. The Hall–Kier alpha value is -0.736. The minimum Gasteiger partial charge on any atom is -0.662 e. The van der Waals surface area contributed by atoms with Crippen LogP contribution in [0.3, 0.4) is 0 Å². The average molecular weight is 293 g/mol. The molecular formula is C11H14N3OY-. The fourth-order valence-corrected chi connectivity index (χ4v) is 1.30. The average Bonchev–Trinajstić information content (AvgIpc) is 2.63. The molecule has 2 aromatic rings. The van der Waals surface area contributed by atoms with E-state index in [0.29, 0.717) is 0 Å². The monoisotopic (exact) mass is 293 g/mol. The summed E-state index contributed by atoms with van der Waals surface area (Å²) in [5.41, 5.74) is 9.00. The Balaban J connectivity index is 0.000000711. The first kappa shape index (κ1) is 15.3. The zero-order chi connectivity index (χ0) is 11.4. The molecule has 0 aliphatic carbocycles. The molecule has 1 aromatic carbocycles. The van der Waals surface area contributed by atoms with Crippen molar-refractivity contribution in [1.29, 1.82) is 0 Å². The van der Waals surface area contributed by atoms with E-state index < -0.39 is 5.91 Å². The molecule has 0 atom stereocenters. The smallest absolute Gasteiger partial charge is 0.117 e. The molecule has 0 aliphatic rings.